The number of nitrogens with one attached hydrogen (secondary N) is 1. The second-order valence-electron chi connectivity index (χ2n) is 5.43. The molecule has 4 nitrogen and oxygen atoms in total. The van der Waals surface area contributed by atoms with E-state index in [1.54, 1.807) is 6.08 Å². The summed E-state index contributed by atoms with van der Waals surface area (Å²) in [5.74, 6) is 0. The van der Waals surface area contributed by atoms with Gasteiger partial charge in [0.05, 0.1) is 12.1 Å². The molecule has 106 valence electrons. The van der Waals surface area contributed by atoms with Crippen molar-refractivity contribution in [2.75, 3.05) is 0 Å². The minimum absolute atomic E-state index is 0.271. The van der Waals surface area contributed by atoms with Crippen molar-refractivity contribution in [1.82, 2.24) is 5.32 Å². The lowest BCUT2D eigenvalue weighted by Gasteiger charge is -2.22. The van der Waals surface area contributed by atoms with E-state index in [2.05, 4.69) is 5.32 Å². The van der Waals surface area contributed by atoms with Crippen LogP contribution in [0.1, 0.15) is 26.3 Å². The lowest BCUT2D eigenvalue weighted by atomic mass is 10.1. The van der Waals surface area contributed by atoms with Crippen molar-refractivity contribution in [3.05, 3.63) is 48.0 Å². The van der Waals surface area contributed by atoms with E-state index < -0.39 is 11.7 Å². The van der Waals surface area contributed by atoms with E-state index in [1.165, 1.54) is 6.08 Å². The van der Waals surface area contributed by atoms with Crippen LogP contribution in [0.2, 0.25) is 0 Å². The Kier molecular flexibility index (Phi) is 5.79. The molecule has 0 aliphatic carbocycles. The van der Waals surface area contributed by atoms with Crippen LogP contribution in [0.5, 0.6) is 0 Å². The number of carbonyl (C=O) groups excluding carboxylic acids is 1. The molecular weight excluding hydrogens is 252 g/mol. The number of benzene rings is 1. The van der Waals surface area contributed by atoms with Gasteiger partial charge < -0.3 is 10.1 Å². The summed E-state index contributed by atoms with van der Waals surface area (Å²) in [6.45, 7) is 5.43. The SMILES string of the molecule is CC(C)(C)OC(=O)N[C@@H](/C=C/C#N)Cc1ccccc1. The Hall–Kier alpha value is -2.28. The molecule has 1 aromatic rings. The van der Waals surface area contributed by atoms with Crippen LogP contribution < -0.4 is 5.32 Å². The van der Waals surface area contributed by atoms with Crippen LogP contribution in [0.3, 0.4) is 0 Å². The Bertz CT molecular complexity index is 495. The van der Waals surface area contributed by atoms with Crippen molar-refractivity contribution in [3.63, 3.8) is 0 Å². The van der Waals surface area contributed by atoms with E-state index in [0.717, 1.165) is 5.56 Å². The molecule has 1 amide bonds. The van der Waals surface area contributed by atoms with E-state index in [1.807, 2.05) is 57.2 Å². The number of hydrogen-bond acceptors (Lipinski definition) is 3. The summed E-state index contributed by atoms with van der Waals surface area (Å²) in [7, 11) is 0. The molecule has 0 aliphatic heterocycles. The normalized spacial score (nSPS) is 12.7. The standard InChI is InChI=1S/C16H20N2O2/c1-16(2,3)20-15(19)18-14(10-7-11-17)12-13-8-5-4-6-9-13/h4-10,14H,12H2,1-3H3,(H,18,19)/b10-7+/t14-/m0/s1. The van der Waals surface area contributed by atoms with Gasteiger partial charge in [0.2, 0.25) is 0 Å². The molecule has 0 unspecified atom stereocenters. The number of allylic oxidation sites excluding steroid dienone is 1. The highest BCUT2D eigenvalue weighted by Gasteiger charge is 2.18. The fourth-order valence-electron chi connectivity index (χ4n) is 1.65. The summed E-state index contributed by atoms with van der Waals surface area (Å²) in [4.78, 5) is 11.8. The van der Waals surface area contributed by atoms with Gasteiger partial charge in [0.15, 0.2) is 0 Å². The van der Waals surface area contributed by atoms with Crippen molar-refractivity contribution in [3.8, 4) is 6.07 Å². The first-order chi connectivity index (χ1) is 9.40. The van der Waals surface area contributed by atoms with Crippen molar-refractivity contribution in [2.45, 2.75) is 38.8 Å². The Labute approximate surface area is 120 Å². The molecule has 0 saturated heterocycles. The summed E-state index contributed by atoms with van der Waals surface area (Å²) in [6, 6.07) is 11.4. The van der Waals surface area contributed by atoms with Crippen LogP contribution in [0.15, 0.2) is 42.5 Å². The molecule has 0 saturated carbocycles. The van der Waals surface area contributed by atoms with E-state index in [4.69, 9.17) is 10.00 Å². The lowest BCUT2D eigenvalue weighted by Crippen LogP contribution is -2.39. The van der Waals surface area contributed by atoms with Gasteiger partial charge in [-0.1, -0.05) is 36.4 Å². The van der Waals surface area contributed by atoms with Gasteiger partial charge in [0.1, 0.15) is 5.60 Å². The zero-order valence-corrected chi connectivity index (χ0v) is 12.1. The highest BCUT2D eigenvalue weighted by molar-refractivity contribution is 5.68. The maximum Gasteiger partial charge on any atom is 0.408 e. The summed E-state index contributed by atoms with van der Waals surface area (Å²) < 4.78 is 5.22. The maximum atomic E-state index is 11.8. The minimum Gasteiger partial charge on any atom is -0.444 e. The van der Waals surface area contributed by atoms with Gasteiger partial charge in [-0.15, -0.1) is 0 Å². The molecule has 1 atom stereocenters. The molecule has 0 bridgehead atoms. The smallest absolute Gasteiger partial charge is 0.408 e. The predicted molar refractivity (Wildman–Crippen MR) is 78.1 cm³/mol. The summed E-state index contributed by atoms with van der Waals surface area (Å²) >= 11 is 0. The van der Waals surface area contributed by atoms with E-state index in [9.17, 15) is 4.79 Å². The largest absolute Gasteiger partial charge is 0.444 e. The van der Waals surface area contributed by atoms with Gasteiger partial charge in [-0.3, -0.25) is 0 Å². The van der Waals surface area contributed by atoms with E-state index in [-0.39, 0.29) is 6.04 Å². The first-order valence-corrected chi connectivity index (χ1v) is 6.50. The van der Waals surface area contributed by atoms with Crippen LogP contribution in [-0.4, -0.2) is 17.7 Å². The molecule has 0 aliphatic rings. The van der Waals surface area contributed by atoms with Crippen molar-refractivity contribution in [2.24, 2.45) is 0 Å². The van der Waals surface area contributed by atoms with Crippen molar-refractivity contribution >= 4 is 6.09 Å². The number of amides is 1. The quantitative estimate of drug-likeness (QED) is 0.856. The van der Waals surface area contributed by atoms with Gasteiger partial charge in [0.25, 0.3) is 0 Å². The molecule has 0 radical (unpaired) electrons. The van der Waals surface area contributed by atoms with Gasteiger partial charge in [-0.2, -0.15) is 5.26 Å². The zero-order valence-electron chi connectivity index (χ0n) is 12.1. The number of rotatable bonds is 4. The Balaban J connectivity index is 2.68. The molecule has 1 aromatic carbocycles. The van der Waals surface area contributed by atoms with Crippen molar-refractivity contribution in [1.29, 1.82) is 5.26 Å². The highest BCUT2D eigenvalue weighted by atomic mass is 16.6. The van der Waals surface area contributed by atoms with E-state index >= 15 is 0 Å². The molecule has 0 fully saturated rings. The molecule has 4 heteroatoms. The van der Waals surface area contributed by atoms with Crippen LogP contribution in [0.4, 0.5) is 4.79 Å². The Morgan fingerprint density at radius 1 is 1.40 bits per heavy atom. The molecule has 1 rings (SSSR count). The molecule has 0 aromatic heterocycles. The summed E-state index contributed by atoms with van der Waals surface area (Å²) in [5.41, 5.74) is 0.538. The number of hydrogen-bond donors (Lipinski definition) is 1. The molecule has 1 N–H and O–H groups in total. The monoisotopic (exact) mass is 272 g/mol. The summed E-state index contributed by atoms with van der Waals surface area (Å²) in [5, 5.41) is 11.4. The third-order valence-electron chi connectivity index (χ3n) is 2.40. The number of carbonyl (C=O) groups is 1. The van der Waals surface area contributed by atoms with Gasteiger partial charge in [-0.25, -0.2) is 4.79 Å². The first-order valence-electron chi connectivity index (χ1n) is 6.50. The minimum atomic E-state index is -0.541. The Morgan fingerprint density at radius 3 is 2.60 bits per heavy atom. The number of nitrogens with zero attached hydrogens (tertiary/aromatic N) is 1. The van der Waals surface area contributed by atoms with Crippen LogP contribution >= 0.6 is 0 Å². The zero-order chi connectivity index (χ0) is 15.0. The maximum absolute atomic E-state index is 11.8. The molecule has 0 heterocycles. The molecular formula is C16H20N2O2. The third kappa shape index (κ3) is 6.60. The second kappa shape index (κ2) is 7.34. The number of alkyl carbamates (subject to hydrolysis) is 1. The molecule has 0 spiro atoms. The van der Waals surface area contributed by atoms with Crippen LogP contribution in [0.25, 0.3) is 0 Å². The van der Waals surface area contributed by atoms with Gasteiger partial charge in [-0.05, 0) is 32.8 Å². The fraction of sp³-hybridized carbons (Fsp3) is 0.375. The van der Waals surface area contributed by atoms with Crippen LogP contribution in [0, 0.1) is 11.3 Å². The summed E-state index contributed by atoms with van der Waals surface area (Å²) in [6.07, 6.45) is 3.15. The number of ether oxygens (including phenoxy) is 1. The average molecular weight is 272 g/mol. The lowest BCUT2D eigenvalue weighted by molar-refractivity contribution is 0.0514. The fourth-order valence-corrected chi connectivity index (χ4v) is 1.65. The van der Waals surface area contributed by atoms with Gasteiger partial charge in [0, 0.05) is 6.08 Å². The van der Waals surface area contributed by atoms with Gasteiger partial charge >= 0.3 is 6.09 Å². The topological polar surface area (TPSA) is 62.1 Å². The third-order valence-corrected chi connectivity index (χ3v) is 2.40. The van der Waals surface area contributed by atoms with Crippen LogP contribution in [-0.2, 0) is 11.2 Å². The Morgan fingerprint density at radius 2 is 2.05 bits per heavy atom. The second-order valence-corrected chi connectivity index (χ2v) is 5.43. The van der Waals surface area contributed by atoms with Crippen molar-refractivity contribution < 1.29 is 9.53 Å². The molecule has 20 heavy (non-hydrogen) atoms. The highest BCUT2D eigenvalue weighted by Crippen LogP contribution is 2.09. The number of nitriles is 1. The van der Waals surface area contributed by atoms with E-state index in [0.29, 0.717) is 6.42 Å². The first kappa shape index (κ1) is 15.8. The average Bonchev–Trinajstić information content (AvgIpc) is 2.35. The predicted octanol–water partition coefficient (Wildman–Crippen LogP) is 3.20.